The summed E-state index contributed by atoms with van der Waals surface area (Å²) in [6.45, 7) is 0.125. The molecule has 0 saturated heterocycles. The Bertz CT molecular complexity index is 815. The van der Waals surface area contributed by atoms with Crippen LogP contribution in [0.3, 0.4) is 0 Å². The highest BCUT2D eigenvalue weighted by Gasteiger charge is 2.20. The molecule has 2 rings (SSSR count). The summed E-state index contributed by atoms with van der Waals surface area (Å²) < 4.78 is 25.8. The van der Waals surface area contributed by atoms with Crippen molar-refractivity contribution in [2.45, 2.75) is 17.9 Å². The maximum atomic E-state index is 12.3. The number of carbonyl (C=O) groups is 1. The van der Waals surface area contributed by atoms with E-state index in [2.05, 4.69) is 5.32 Å². The number of amides is 1. The van der Waals surface area contributed by atoms with Crippen molar-refractivity contribution in [3.63, 3.8) is 0 Å². The van der Waals surface area contributed by atoms with E-state index in [-0.39, 0.29) is 29.5 Å². The summed E-state index contributed by atoms with van der Waals surface area (Å²) in [5.41, 5.74) is 1.30. The van der Waals surface area contributed by atoms with E-state index in [9.17, 15) is 18.3 Å². The number of aromatic hydroxyl groups is 1. The number of nitrogens with one attached hydrogen (secondary N) is 1. The largest absolute Gasteiger partial charge is 0.508 e. The van der Waals surface area contributed by atoms with E-state index in [1.54, 1.807) is 30.3 Å². The van der Waals surface area contributed by atoms with Crippen LogP contribution in [0.1, 0.15) is 11.1 Å². The molecule has 24 heavy (non-hydrogen) atoms. The quantitative estimate of drug-likeness (QED) is 0.828. The van der Waals surface area contributed by atoms with Gasteiger partial charge in [0.25, 0.3) is 0 Å². The molecule has 0 fully saturated rings. The average Bonchev–Trinajstić information content (AvgIpc) is 2.55. The molecule has 2 aromatic rings. The van der Waals surface area contributed by atoms with Gasteiger partial charge in [-0.25, -0.2) is 12.7 Å². The molecular weight excluding hydrogens is 328 g/mol. The highest BCUT2D eigenvalue weighted by atomic mass is 32.2. The lowest BCUT2D eigenvalue weighted by atomic mass is 10.1. The highest BCUT2D eigenvalue weighted by Crippen LogP contribution is 2.18. The molecule has 0 aliphatic heterocycles. The topological polar surface area (TPSA) is 86.7 Å². The fourth-order valence-corrected chi connectivity index (χ4v) is 3.27. The van der Waals surface area contributed by atoms with Crippen molar-refractivity contribution in [2.75, 3.05) is 14.1 Å². The molecule has 0 unspecified atom stereocenters. The van der Waals surface area contributed by atoms with Crippen molar-refractivity contribution in [2.24, 2.45) is 0 Å². The summed E-state index contributed by atoms with van der Waals surface area (Å²) in [6.07, 6.45) is 0.156. The number of nitrogens with zero attached hydrogens (tertiary/aromatic N) is 1. The molecule has 128 valence electrons. The lowest BCUT2D eigenvalue weighted by molar-refractivity contribution is -0.120. The van der Waals surface area contributed by atoms with Gasteiger partial charge in [-0.2, -0.15) is 0 Å². The average molecular weight is 348 g/mol. The molecule has 7 heteroatoms. The lowest BCUT2D eigenvalue weighted by Gasteiger charge is -2.15. The van der Waals surface area contributed by atoms with Crippen molar-refractivity contribution in [1.82, 2.24) is 9.62 Å². The van der Waals surface area contributed by atoms with Gasteiger partial charge in [0.1, 0.15) is 5.75 Å². The lowest BCUT2D eigenvalue weighted by Crippen LogP contribution is -2.27. The molecule has 1 amide bonds. The Kier molecular flexibility index (Phi) is 5.58. The minimum absolute atomic E-state index is 0.125. The van der Waals surface area contributed by atoms with Crippen molar-refractivity contribution in [1.29, 1.82) is 0 Å². The maximum Gasteiger partial charge on any atom is 0.242 e. The SMILES string of the molecule is CN(C)S(=O)(=O)c1ccccc1CNC(=O)Cc1ccc(O)cc1. The van der Waals surface area contributed by atoms with E-state index in [0.717, 1.165) is 9.87 Å². The Hall–Kier alpha value is -2.38. The van der Waals surface area contributed by atoms with Gasteiger partial charge in [0.15, 0.2) is 0 Å². The summed E-state index contributed by atoms with van der Waals surface area (Å²) >= 11 is 0. The summed E-state index contributed by atoms with van der Waals surface area (Å²) in [5.74, 6) is -0.0836. The first-order valence-electron chi connectivity index (χ1n) is 7.36. The number of hydrogen-bond acceptors (Lipinski definition) is 4. The van der Waals surface area contributed by atoms with Crippen LogP contribution in [0.25, 0.3) is 0 Å². The Labute approximate surface area is 141 Å². The van der Waals surface area contributed by atoms with E-state index in [1.165, 1.54) is 32.3 Å². The fraction of sp³-hybridized carbons (Fsp3) is 0.235. The second-order valence-electron chi connectivity index (χ2n) is 5.52. The van der Waals surface area contributed by atoms with Crippen molar-refractivity contribution in [3.05, 3.63) is 59.7 Å². The molecule has 0 bridgehead atoms. The van der Waals surface area contributed by atoms with Gasteiger partial charge >= 0.3 is 0 Å². The van der Waals surface area contributed by atoms with Crippen LogP contribution in [0.2, 0.25) is 0 Å². The predicted molar refractivity (Wildman–Crippen MR) is 91.0 cm³/mol. The van der Waals surface area contributed by atoms with Crippen LogP contribution in [-0.2, 0) is 27.8 Å². The first-order chi connectivity index (χ1) is 11.3. The highest BCUT2D eigenvalue weighted by molar-refractivity contribution is 7.89. The van der Waals surface area contributed by atoms with Gasteiger partial charge in [0.05, 0.1) is 11.3 Å². The Balaban J connectivity index is 2.07. The van der Waals surface area contributed by atoms with Gasteiger partial charge in [-0.15, -0.1) is 0 Å². The second-order valence-corrected chi connectivity index (χ2v) is 7.64. The van der Waals surface area contributed by atoms with Crippen LogP contribution in [0.15, 0.2) is 53.4 Å². The van der Waals surface area contributed by atoms with Crippen LogP contribution in [0.4, 0.5) is 0 Å². The third-order valence-electron chi connectivity index (χ3n) is 3.51. The normalized spacial score (nSPS) is 11.5. The van der Waals surface area contributed by atoms with Crippen LogP contribution in [0, 0.1) is 0 Å². The minimum atomic E-state index is -3.56. The van der Waals surface area contributed by atoms with Crippen LogP contribution in [0.5, 0.6) is 5.75 Å². The van der Waals surface area contributed by atoms with Gasteiger partial charge < -0.3 is 10.4 Å². The predicted octanol–water partition coefficient (Wildman–Crippen LogP) is 1.50. The van der Waals surface area contributed by atoms with Gasteiger partial charge in [0.2, 0.25) is 15.9 Å². The second kappa shape index (κ2) is 7.46. The number of hydrogen-bond donors (Lipinski definition) is 2. The number of carbonyl (C=O) groups excluding carboxylic acids is 1. The third kappa shape index (κ3) is 4.33. The van der Waals surface area contributed by atoms with Crippen molar-refractivity contribution < 1.29 is 18.3 Å². The fourth-order valence-electron chi connectivity index (χ4n) is 2.15. The van der Waals surface area contributed by atoms with E-state index < -0.39 is 10.0 Å². The van der Waals surface area contributed by atoms with Crippen molar-refractivity contribution >= 4 is 15.9 Å². The zero-order valence-corrected chi connectivity index (χ0v) is 14.4. The van der Waals surface area contributed by atoms with E-state index in [1.807, 2.05) is 0 Å². The zero-order chi connectivity index (χ0) is 17.7. The Morgan fingerprint density at radius 3 is 2.33 bits per heavy atom. The van der Waals surface area contributed by atoms with Crippen LogP contribution < -0.4 is 5.32 Å². The number of rotatable bonds is 6. The molecule has 0 aliphatic carbocycles. The van der Waals surface area contributed by atoms with Crippen LogP contribution >= 0.6 is 0 Å². The van der Waals surface area contributed by atoms with E-state index >= 15 is 0 Å². The smallest absolute Gasteiger partial charge is 0.242 e. The van der Waals surface area contributed by atoms with Gasteiger partial charge in [-0.3, -0.25) is 4.79 Å². The van der Waals surface area contributed by atoms with Crippen molar-refractivity contribution in [3.8, 4) is 5.75 Å². The minimum Gasteiger partial charge on any atom is -0.508 e. The first kappa shape index (κ1) is 18.0. The molecular formula is C17H20N2O4S. The molecule has 0 atom stereocenters. The maximum absolute atomic E-state index is 12.3. The standard InChI is InChI=1S/C17H20N2O4S/c1-19(2)24(22,23)16-6-4-3-5-14(16)12-18-17(21)11-13-7-9-15(20)10-8-13/h3-10,20H,11-12H2,1-2H3,(H,18,21). The number of sulfonamides is 1. The summed E-state index contributed by atoms with van der Waals surface area (Å²) in [5, 5.41) is 12.0. The molecule has 0 saturated carbocycles. The number of benzene rings is 2. The van der Waals surface area contributed by atoms with Gasteiger partial charge in [-0.1, -0.05) is 30.3 Å². The molecule has 0 aliphatic rings. The molecule has 6 nitrogen and oxygen atoms in total. The first-order valence-corrected chi connectivity index (χ1v) is 8.80. The summed E-state index contributed by atoms with van der Waals surface area (Å²) in [4.78, 5) is 12.2. The van der Waals surface area contributed by atoms with E-state index in [0.29, 0.717) is 5.56 Å². The van der Waals surface area contributed by atoms with Gasteiger partial charge in [0, 0.05) is 20.6 Å². The number of phenols is 1. The molecule has 0 spiro atoms. The molecule has 2 aromatic carbocycles. The monoisotopic (exact) mass is 348 g/mol. The van der Waals surface area contributed by atoms with E-state index in [4.69, 9.17) is 0 Å². The zero-order valence-electron chi connectivity index (χ0n) is 13.6. The summed E-state index contributed by atoms with van der Waals surface area (Å²) in [7, 11) is -0.629. The Morgan fingerprint density at radius 1 is 1.08 bits per heavy atom. The molecule has 2 N–H and O–H groups in total. The molecule has 0 heterocycles. The number of phenolic OH excluding ortho intramolecular Hbond substituents is 1. The molecule has 0 radical (unpaired) electrons. The summed E-state index contributed by atoms with van der Waals surface area (Å²) in [6, 6.07) is 12.9. The molecule has 0 aromatic heterocycles. The Morgan fingerprint density at radius 2 is 1.71 bits per heavy atom. The van der Waals surface area contributed by atoms with Gasteiger partial charge in [-0.05, 0) is 29.3 Å². The van der Waals surface area contributed by atoms with Crippen LogP contribution in [-0.4, -0.2) is 37.8 Å². The third-order valence-corrected chi connectivity index (χ3v) is 5.42.